The zero-order valence-electron chi connectivity index (χ0n) is 13.8. The Morgan fingerprint density at radius 2 is 1.65 bits per heavy atom. The van der Waals surface area contributed by atoms with Gasteiger partial charge in [-0.05, 0) is 44.2 Å². The van der Waals surface area contributed by atoms with Crippen LogP contribution in [-0.4, -0.2) is 26.2 Å². The predicted molar refractivity (Wildman–Crippen MR) is 89.7 cm³/mol. The molecule has 0 aliphatic carbocycles. The number of hydrogen-bond acceptors (Lipinski definition) is 4. The number of hydrogen-bond donors (Lipinski definition) is 1. The van der Waals surface area contributed by atoms with Crippen LogP contribution >= 0.6 is 0 Å². The third kappa shape index (κ3) is 4.16. The van der Waals surface area contributed by atoms with Crippen molar-refractivity contribution in [3.63, 3.8) is 0 Å². The van der Waals surface area contributed by atoms with Gasteiger partial charge >= 0.3 is 0 Å². The molecule has 122 valence electrons. The number of rotatable bonds is 6. The summed E-state index contributed by atoms with van der Waals surface area (Å²) in [6.45, 7) is 3.87. The number of anilines is 1. The SMILES string of the molecule is COc1ccc(C(=O)Nc2ccccc2OC(C)C)cc1OC. The third-order valence-electron chi connectivity index (χ3n) is 3.14. The van der Waals surface area contributed by atoms with Crippen LogP contribution in [0.1, 0.15) is 24.2 Å². The zero-order valence-corrected chi connectivity index (χ0v) is 13.8. The van der Waals surface area contributed by atoms with E-state index in [0.29, 0.717) is 28.5 Å². The molecule has 1 N–H and O–H groups in total. The molecule has 0 fully saturated rings. The lowest BCUT2D eigenvalue weighted by molar-refractivity contribution is 0.102. The van der Waals surface area contributed by atoms with Crippen LogP contribution in [0, 0.1) is 0 Å². The van der Waals surface area contributed by atoms with Crippen LogP contribution in [0.4, 0.5) is 5.69 Å². The summed E-state index contributed by atoms with van der Waals surface area (Å²) >= 11 is 0. The van der Waals surface area contributed by atoms with E-state index in [2.05, 4.69) is 5.32 Å². The van der Waals surface area contributed by atoms with Crippen molar-refractivity contribution in [2.45, 2.75) is 20.0 Å². The van der Waals surface area contributed by atoms with Crippen molar-refractivity contribution >= 4 is 11.6 Å². The van der Waals surface area contributed by atoms with Gasteiger partial charge in [0.25, 0.3) is 5.91 Å². The molecule has 23 heavy (non-hydrogen) atoms. The van der Waals surface area contributed by atoms with Crippen LogP contribution in [0.3, 0.4) is 0 Å². The average molecular weight is 315 g/mol. The van der Waals surface area contributed by atoms with Crippen molar-refractivity contribution in [2.75, 3.05) is 19.5 Å². The number of methoxy groups -OCH3 is 2. The van der Waals surface area contributed by atoms with E-state index in [1.165, 1.54) is 7.11 Å². The summed E-state index contributed by atoms with van der Waals surface area (Å²) in [5.41, 5.74) is 1.10. The lowest BCUT2D eigenvalue weighted by atomic mass is 10.1. The molecule has 0 aliphatic heterocycles. The van der Waals surface area contributed by atoms with Gasteiger partial charge in [-0.15, -0.1) is 0 Å². The monoisotopic (exact) mass is 315 g/mol. The largest absolute Gasteiger partial charge is 0.493 e. The van der Waals surface area contributed by atoms with E-state index < -0.39 is 0 Å². The standard InChI is InChI=1S/C18H21NO4/c1-12(2)23-15-8-6-5-7-14(15)19-18(20)13-9-10-16(21-3)17(11-13)22-4/h5-12H,1-4H3,(H,19,20). The number of carbonyl (C=O) groups excluding carboxylic acids is 1. The van der Waals surface area contributed by atoms with Crippen molar-refractivity contribution in [1.29, 1.82) is 0 Å². The fourth-order valence-corrected chi connectivity index (χ4v) is 2.10. The molecule has 0 aliphatic rings. The van der Waals surface area contributed by atoms with E-state index in [-0.39, 0.29) is 12.0 Å². The summed E-state index contributed by atoms with van der Waals surface area (Å²) in [6, 6.07) is 12.4. The van der Waals surface area contributed by atoms with E-state index in [0.717, 1.165) is 0 Å². The Balaban J connectivity index is 2.23. The first-order chi connectivity index (χ1) is 11.0. The van der Waals surface area contributed by atoms with E-state index in [9.17, 15) is 4.79 Å². The van der Waals surface area contributed by atoms with Gasteiger partial charge in [-0.2, -0.15) is 0 Å². The normalized spacial score (nSPS) is 10.3. The molecule has 1 amide bonds. The van der Waals surface area contributed by atoms with Gasteiger partial charge in [0.15, 0.2) is 11.5 Å². The van der Waals surface area contributed by atoms with Crippen molar-refractivity contribution in [1.82, 2.24) is 0 Å². The van der Waals surface area contributed by atoms with Gasteiger partial charge in [0.05, 0.1) is 26.0 Å². The first kappa shape index (κ1) is 16.7. The van der Waals surface area contributed by atoms with E-state index in [1.54, 1.807) is 31.4 Å². The number of ether oxygens (including phenoxy) is 3. The molecular formula is C18H21NO4. The molecule has 0 heterocycles. The van der Waals surface area contributed by atoms with Crippen LogP contribution in [0.25, 0.3) is 0 Å². The molecular weight excluding hydrogens is 294 g/mol. The van der Waals surface area contributed by atoms with Gasteiger partial charge in [0.2, 0.25) is 0 Å². The lowest BCUT2D eigenvalue weighted by Gasteiger charge is -2.15. The Kier molecular flexibility index (Phi) is 5.46. The summed E-state index contributed by atoms with van der Waals surface area (Å²) in [7, 11) is 3.09. The maximum absolute atomic E-state index is 12.5. The minimum absolute atomic E-state index is 0.0223. The van der Waals surface area contributed by atoms with Crippen LogP contribution < -0.4 is 19.5 Å². The molecule has 0 saturated heterocycles. The summed E-state index contributed by atoms with van der Waals surface area (Å²) < 4.78 is 16.1. The molecule has 5 nitrogen and oxygen atoms in total. The number of nitrogens with one attached hydrogen (secondary N) is 1. The van der Waals surface area contributed by atoms with Crippen LogP contribution in [0.2, 0.25) is 0 Å². The highest BCUT2D eigenvalue weighted by Gasteiger charge is 2.13. The maximum atomic E-state index is 12.5. The highest BCUT2D eigenvalue weighted by molar-refractivity contribution is 6.05. The summed E-state index contributed by atoms with van der Waals surface area (Å²) in [4.78, 5) is 12.5. The second-order valence-electron chi connectivity index (χ2n) is 5.19. The van der Waals surface area contributed by atoms with Crippen LogP contribution in [-0.2, 0) is 0 Å². The maximum Gasteiger partial charge on any atom is 0.255 e. The Bertz CT molecular complexity index is 682. The molecule has 2 aromatic rings. The molecule has 0 bridgehead atoms. The fraction of sp³-hybridized carbons (Fsp3) is 0.278. The van der Waals surface area contributed by atoms with E-state index in [4.69, 9.17) is 14.2 Å². The Morgan fingerprint density at radius 3 is 2.30 bits per heavy atom. The van der Waals surface area contributed by atoms with Gasteiger partial charge in [0, 0.05) is 5.56 Å². The second-order valence-corrected chi connectivity index (χ2v) is 5.19. The molecule has 0 radical (unpaired) electrons. The molecule has 0 unspecified atom stereocenters. The minimum Gasteiger partial charge on any atom is -0.493 e. The Morgan fingerprint density at radius 1 is 0.957 bits per heavy atom. The van der Waals surface area contributed by atoms with Gasteiger partial charge in [-0.25, -0.2) is 0 Å². The average Bonchev–Trinajstić information content (AvgIpc) is 2.55. The Hall–Kier alpha value is -2.69. The highest BCUT2D eigenvalue weighted by atomic mass is 16.5. The number of carbonyl (C=O) groups is 1. The lowest BCUT2D eigenvalue weighted by Crippen LogP contribution is -2.14. The Labute approximate surface area is 136 Å². The van der Waals surface area contributed by atoms with Crippen molar-refractivity contribution in [3.8, 4) is 17.2 Å². The molecule has 0 spiro atoms. The molecule has 2 aromatic carbocycles. The van der Waals surface area contributed by atoms with Crippen molar-refractivity contribution in [2.24, 2.45) is 0 Å². The van der Waals surface area contributed by atoms with Gasteiger partial charge < -0.3 is 19.5 Å². The molecule has 2 rings (SSSR count). The van der Waals surface area contributed by atoms with Gasteiger partial charge in [-0.3, -0.25) is 4.79 Å². The van der Waals surface area contributed by atoms with E-state index in [1.807, 2.05) is 32.0 Å². The number of para-hydroxylation sites is 2. The first-order valence-electron chi connectivity index (χ1n) is 7.34. The van der Waals surface area contributed by atoms with Gasteiger partial charge in [0.1, 0.15) is 5.75 Å². The van der Waals surface area contributed by atoms with Crippen LogP contribution in [0.5, 0.6) is 17.2 Å². The molecule has 0 aromatic heterocycles. The number of amides is 1. The second kappa shape index (κ2) is 7.54. The molecule has 0 saturated carbocycles. The smallest absolute Gasteiger partial charge is 0.255 e. The molecule has 5 heteroatoms. The van der Waals surface area contributed by atoms with E-state index >= 15 is 0 Å². The van der Waals surface area contributed by atoms with Crippen molar-refractivity contribution in [3.05, 3.63) is 48.0 Å². The zero-order chi connectivity index (χ0) is 16.8. The summed E-state index contributed by atoms with van der Waals surface area (Å²) in [6.07, 6.45) is 0.0223. The number of benzene rings is 2. The fourth-order valence-electron chi connectivity index (χ4n) is 2.10. The van der Waals surface area contributed by atoms with Crippen LogP contribution in [0.15, 0.2) is 42.5 Å². The predicted octanol–water partition coefficient (Wildman–Crippen LogP) is 3.74. The highest BCUT2D eigenvalue weighted by Crippen LogP contribution is 2.29. The topological polar surface area (TPSA) is 56.8 Å². The first-order valence-corrected chi connectivity index (χ1v) is 7.34. The third-order valence-corrected chi connectivity index (χ3v) is 3.14. The molecule has 0 atom stereocenters. The minimum atomic E-state index is -0.245. The summed E-state index contributed by atoms with van der Waals surface area (Å²) in [5, 5.41) is 2.86. The quantitative estimate of drug-likeness (QED) is 0.882. The van der Waals surface area contributed by atoms with Gasteiger partial charge in [-0.1, -0.05) is 12.1 Å². The summed E-state index contributed by atoms with van der Waals surface area (Å²) in [5.74, 6) is 1.47. The van der Waals surface area contributed by atoms with Crippen molar-refractivity contribution < 1.29 is 19.0 Å².